The SMILES string of the molecule is CCCN(CCO[Si](c1ccccc1)(c1ccccc1)C(C)(C)C)C(=O)C[C@H](CSc1ccccc1)Cc1ccc(S(N)(=O)=O)cc1S(=O)(=O)C(F)(F)F. The summed E-state index contributed by atoms with van der Waals surface area (Å²) in [5, 5.41) is 7.05. The summed E-state index contributed by atoms with van der Waals surface area (Å²) in [6.45, 7) is 9.30. The molecule has 0 unspecified atom stereocenters. The highest BCUT2D eigenvalue weighted by atomic mass is 32.2. The fourth-order valence-electron chi connectivity index (χ4n) is 6.56. The van der Waals surface area contributed by atoms with E-state index in [-0.39, 0.29) is 48.3 Å². The largest absolute Gasteiger partial charge is 0.501 e. The molecule has 0 radical (unpaired) electrons. The fourth-order valence-corrected chi connectivity index (χ4v) is 13.8. The first-order chi connectivity index (χ1) is 25.3. The summed E-state index contributed by atoms with van der Waals surface area (Å²) in [6.07, 6.45) is 0.276. The molecule has 0 saturated carbocycles. The maximum atomic E-state index is 14.1. The highest BCUT2D eigenvalue weighted by Gasteiger charge is 2.50. The average molecular weight is 821 g/mol. The Morgan fingerprint density at radius 3 is 1.85 bits per heavy atom. The minimum Gasteiger partial charge on any atom is -0.406 e. The zero-order chi connectivity index (χ0) is 39.8. The van der Waals surface area contributed by atoms with Gasteiger partial charge in [0, 0.05) is 30.2 Å². The summed E-state index contributed by atoms with van der Waals surface area (Å²) in [4.78, 5) is 14.7. The standard InChI is InChI=1S/C39H47F3N2O6S3Si/c1-5-23-44(24-25-50-54(38(2,3)4,34-17-11-7-12-18-34)35-19-13-8-14-20-35)37(45)27-30(29-51-32-15-9-6-10-16-32)26-31-21-22-33(53(43,48)49)28-36(31)52(46,47)39(40,41)42/h6-22,28,30H,5,23-27,29H2,1-4H3,(H2,43,48,49)/t30-/m1/s1. The molecule has 0 aliphatic heterocycles. The molecule has 0 heterocycles. The normalized spacial score (nSPS) is 13.4. The molecule has 0 fully saturated rings. The van der Waals surface area contributed by atoms with E-state index in [9.17, 15) is 34.8 Å². The number of nitrogens with two attached hydrogens (primary N) is 1. The monoisotopic (exact) mass is 820 g/mol. The quantitative estimate of drug-likeness (QED) is 0.0921. The number of hydrogen-bond acceptors (Lipinski definition) is 7. The highest BCUT2D eigenvalue weighted by molar-refractivity contribution is 7.99. The number of sulfone groups is 1. The first-order valence-electron chi connectivity index (χ1n) is 17.5. The van der Waals surface area contributed by atoms with Crippen molar-refractivity contribution >= 4 is 56.2 Å². The average Bonchev–Trinajstić information content (AvgIpc) is 3.11. The van der Waals surface area contributed by atoms with Crippen LogP contribution in [0.1, 0.15) is 46.1 Å². The van der Waals surface area contributed by atoms with Gasteiger partial charge < -0.3 is 9.33 Å². The van der Waals surface area contributed by atoms with Crippen LogP contribution in [0.25, 0.3) is 0 Å². The molecule has 0 aromatic heterocycles. The van der Waals surface area contributed by atoms with E-state index < -0.39 is 49.4 Å². The van der Waals surface area contributed by atoms with Gasteiger partial charge in [0.25, 0.3) is 18.2 Å². The Kier molecular flexibility index (Phi) is 14.4. The Hall–Kier alpha value is -3.47. The first-order valence-corrected chi connectivity index (χ1v) is 23.4. The molecule has 0 saturated heterocycles. The van der Waals surface area contributed by atoms with Gasteiger partial charge in [-0.15, -0.1) is 11.8 Å². The highest BCUT2D eigenvalue weighted by Crippen LogP contribution is 2.38. The van der Waals surface area contributed by atoms with E-state index in [1.54, 1.807) is 4.90 Å². The summed E-state index contributed by atoms with van der Waals surface area (Å²) in [5.74, 6) is -0.637. The van der Waals surface area contributed by atoms with Crippen LogP contribution in [0.3, 0.4) is 0 Å². The lowest BCUT2D eigenvalue weighted by atomic mass is 9.97. The maximum absolute atomic E-state index is 14.1. The molecule has 54 heavy (non-hydrogen) atoms. The number of benzene rings is 4. The van der Waals surface area contributed by atoms with Gasteiger partial charge in [0.05, 0.1) is 16.4 Å². The number of carbonyl (C=O) groups is 1. The number of thioether (sulfide) groups is 1. The van der Waals surface area contributed by atoms with E-state index in [4.69, 9.17) is 9.56 Å². The lowest BCUT2D eigenvalue weighted by molar-refractivity contribution is -0.132. The molecule has 0 spiro atoms. The molecule has 15 heteroatoms. The number of alkyl halides is 3. The molecular weight excluding hydrogens is 774 g/mol. The van der Waals surface area contributed by atoms with Crippen LogP contribution >= 0.6 is 11.8 Å². The molecule has 292 valence electrons. The number of carbonyl (C=O) groups excluding carboxylic acids is 1. The van der Waals surface area contributed by atoms with Gasteiger partial charge in [0.1, 0.15) is 0 Å². The topological polar surface area (TPSA) is 124 Å². The Morgan fingerprint density at radius 2 is 1.37 bits per heavy atom. The summed E-state index contributed by atoms with van der Waals surface area (Å²) < 4.78 is 98.3. The number of rotatable bonds is 17. The number of nitrogens with zero attached hydrogens (tertiary/aromatic N) is 1. The van der Waals surface area contributed by atoms with Gasteiger partial charge in [0.15, 0.2) is 0 Å². The predicted molar refractivity (Wildman–Crippen MR) is 210 cm³/mol. The van der Waals surface area contributed by atoms with Gasteiger partial charge >= 0.3 is 5.51 Å². The molecular formula is C39H47F3N2O6S3Si. The van der Waals surface area contributed by atoms with E-state index in [0.717, 1.165) is 27.4 Å². The van der Waals surface area contributed by atoms with E-state index in [1.807, 2.05) is 73.7 Å². The van der Waals surface area contributed by atoms with Crippen LogP contribution in [-0.4, -0.2) is 66.9 Å². The molecule has 0 aliphatic carbocycles. The maximum Gasteiger partial charge on any atom is 0.501 e. The van der Waals surface area contributed by atoms with Crippen LogP contribution in [0.4, 0.5) is 13.2 Å². The van der Waals surface area contributed by atoms with E-state index in [0.29, 0.717) is 19.0 Å². The zero-order valence-electron chi connectivity index (χ0n) is 30.8. The molecule has 4 aromatic rings. The van der Waals surface area contributed by atoms with E-state index in [1.165, 1.54) is 11.8 Å². The number of hydrogen-bond donors (Lipinski definition) is 1. The van der Waals surface area contributed by atoms with Crippen LogP contribution < -0.4 is 15.5 Å². The molecule has 8 nitrogen and oxygen atoms in total. The van der Waals surface area contributed by atoms with Crippen molar-refractivity contribution in [3.8, 4) is 0 Å². The fraction of sp³-hybridized carbons (Fsp3) is 0.359. The van der Waals surface area contributed by atoms with Gasteiger partial charge in [0.2, 0.25) is 15.9 Å². The van der Waals surface area contributed by atoms with Crippen molar-refractivity contribution in [2.45, 2.75) is 72.2 Å². The first kappa shape index (κ1) is 43.3. The molecule has 4 rings (SSSR count). The Labute approximate surface area is 322 Å². The predicted octanol–water partition coefficient (Wildman–Crippen LogP) is 6.78. The van der Waals surface area contributed by atoms with Crippen LogP contribution in [-0.2, 0) is 35.5 Å². The van der Waals surface area contributed by atoms with E-state index in [2.05, 4.69) is 45.0 Å². The molecule has 2 N–H and O–H groups in total. The third-order valence-corrected chi connectivity index (χ3v) is 17.9. The minimum atomic E-state index is -5.97. The van der Waals surface area contributed by atoms with Crippen molar-refractivity contribution in [1.29, 1.82) is 0 Å². The summed E-state index contributed by atoms with van der Waals surface area (Å²) >= 11 is 1.38. The van der Waals surface area contributed by atoms with Crippen LogP contribution in [0.15, 0.2) is 124 Å². The second-order valence-corrected chi connectivity index (χ2v) is 22.9. The Balaban J connectivity index is 1.66. The summed E-state index contributed by atoms with van der Waals surface area (Å²) in [6, 6.07) is 31.9. The molecule has 1 atom stereocenters. The third kappa shape index (κ3) is 10.4. The van der Waals surface area contributed by atoms with Gasteiger partial charge in [-0.1, -0.05) is 113 Å². The Bertz CT molecular complexity index is 2030. The second kappa shape index (κ2) is 18.0. The number of sulfonamides is 1. The zero-order valence-corrected chi connectivity index (χ0v) is 34.2. The van der Waals surface area contributed by atoms with Crippen molar-refractivity contribution in [1.82, 2.24) is 4.90 Å². The second-order valence-electron chi connectivity index (χ2n) is 14.1. The lowest BCUT2D eigenvalue weighted by Gasteiger charge is -2.43. The molecule has 4 aromatic carbocycles. The number of halogens is 3. The van der Waals surface area contributed by atoms with Crippen molar-refractivity contribution < 1.29 is 39.2 Å². The molecule has 1 amide bonds. The lowest BCUT2D eigenvalue weighted by Crippen LogP contribution is -2.67. The van der Waals surface area contributed by atoms with Gasteiger partial charge in [-0.3, -0.25) is 4.79 Å². The van der Waals surface area contributed by atoms with Crippen molar-refractivity contribution in [2.75, 3.05) is 25.4 Å². The van der Waals surface area contributed by atoms with Gasteiger partial charge in [-0.25, -0.2) is 22.0 Å². The van der Waals surface area contributed by atoms with E-state index >= 15 is 0 Å². The van der Waals surface area contributed by atoms with Crippen LogP contribution in [0, 0.1) is 5.92 Å². The van der Waals surface area contributed by atoms with Crippen LogP contribution in [0.5, 0.6) is 0 Å². The smallest absolute Gasteiger partial charge is 0.406 e. The van der Waals surface area contributed by atoms with Gasteiger partial charge in [-0.05, 0) is 64.0 Å². The third-order valence-electron chi connectivity index (χ3n) is 9.10. The van der Waals surface area contributed by atoms with Crippen LogP contribution in [0.2, 0.25) is 5.04 Å². The number of primary sulfonamides is 1. The summed E-state index contributed by atoms with van der Waals surface area (Å²) in [7, 11) is -13.4. The Morgan fingerprint density at radius 1 is 0.833 bits per heavy atom. The molecule has 0 aliphatic rings. The van der Waals surface area contributed by atoms with Crippen molar-refractivity contribution in [3.63, 3.8) is 0 Å². The minimum absolute atomic E-state index is 0.110. The van der Waals surface area contributed by atoms with Crippen molar-refractivity contribution in [2.24, 2.45) is 11.1 Å². The summed E-state index contributed by atoms with van der Waals surface area (Å²) in [5.41, 5.74) is -5.96. The number of amides is 1. The molecule has 0 bridgehead atoms. The van der Waals surface area contributed by atoms with Gasteiger partial charge in [-0.2, -0.15) is 13.2 Å². The van der Waals surface area contributed by atoms with Crippen molar-refractivity contribution in [3.05, 3.63) is 115 Å².